The topological polar surface area (TPSA) is 41.9 Å². The molecule has 0 radical (unpaired) electrons. The molecule has 10 aromatic rings. The first kappa shape index (κ1) is 35.7. The standard InChI is InChI=1S/C58H38N4/c1-5-18-39(19-6-1)41-32-34-43(35-33-41)56-59-55(42-22-9-3-10-23-42)60-57(61-56)46-26-17-29-51-54(46)47-38-44(40-20-7-2-8-21-40)36-37-48(47)58(51)49-27-13-15-30-52(49)62(45-24-11-4-12-25-45)53-31-16-14-28-50(53)58/h1-38H. The Labute approximate surface area is 361 Å². The second-order valence-corrected chi connectivity index (χ2v) is 15.9. The molecule has 0 unspecified atom stereocenters. The lowest BCUT2D eigenvalue weighted by atomic mass is 9.64. The van der Waals surface area contributed by atoms with E-state index in [2.05, 4.69) is 211 Å². The van der Waals surface area contributed by atoms with Gasteiger partial charge in [-0.15, -0.1) is 0 Å². The zero-order valence-electron chi connectivity index (χ0n) is 33.7. The van der Waals surface area contributed by atoms with Crippen LogP contribution in [-0.4, -0.2) is 15.0 Å². The number of hydrogen-bond donors (Lipinski definition) is 0. The zero-order chi connectivity index (χ0) is 41.0. The van der Waals surface area contributed by atoms with E-state index in [1.54, 1.807) is 0 Å². The maximum absolute atomic E-state index is 5.38. The molecule has 1 aliphatic heterocycles. The van der Waals surface area contributed by atoms with Crippen LogP contribution in [0, 0.1) is 0 Å². The summed E-state index contributed by atoms with van der Waals surface area (Å²) in [6.07, 6.45) is 0. The van der Waals surface area contributed by atoms with Gasteiger partial charge in [-0.1, -0.05) is 200 Å². The van der Waals surface area contributed by atoms with Crippen molar-refractivity contribution in [1.82, 2.24) is 15.0 Å². The van der Waals surface area contributed by atoms with Gasteiger partial charge in [-0.25, -0.2) is 15.0 Å². The molecule has 1 aliphatic carbocycles. The highest BCUT2D eigenvalue weighted by atomic mass is 15.2. The average molecular weight is 791 g/mol. The van der Waals surface area contributed by atoms with Crippen molar-refractivity contribution in [3.63, 3.8) is 0 Å². The van der Waals surface area contributed by atoms with Crippen LogP contribution in [0.3, 0.4) is 0 Å². The van der Waals surface area contributed by atoms with Crippen LogP contribution < -0.4 is 4.90 Å². The highest BCUT2D eigenvalue weighted by Crippen LogP contribution is 2.64. The molecule has 0 fully saturated rings. The van der Waals surface area contributed by atoms with Crippen molar-refractivity contribution >= 4 is 17.1 Å². The Hall–Kier alpha value is -8.21. The lowest BCUT2D eigenvalue weighted by Gasteiger charge is -2.45. The molecule has 62 heavy (non-hydrogen) atoms. The second-order valence-electron chi connectivity index (χ2n) is 15.9. The maximum Gasteiger partial charge on any atom is 0.164 e. The molecular weight excluding hydrogens is 753 g/mol. The number of hydrogen-bond acceptors (Lipinski definition) is 4. The van der Waals surface area contributed by atoms with Crippen LogP contribution in [0.4, 0.5) is 17.1 Å². The van der Waals surface area contributed by atoms with E-state index in [-0.39, 0.29) is 0 Å². The number of nitrogens with zero attached hydrogens (tertiary/aromatic N) is 4. The zero-order valence-corrected chi connectivity index (χ0v) is 33.7. The van der Waals surface area contributed by atoms with Crippen LogP contribution in [0.2, 0.25) is 0 Å². The average Bonchev–Trinajstić information content (AvgIpc) is 3.65. The summed E-state index contributed by atoms with van der Waals surface area (Å²) < 4.78 is 0. The Balaban J connectivity index is 1.14. The van der Waals surface area contributed by atoms with E-state index < -0.39 is 5.41 Å². The summed E-state index contributed by atoms with van der Waals surface area (Å²) in [5.41, 5.74) is 17.5. The molecule has 0 bridgehead atoms. The summed E-state index contributed by atoms with van der Waals surface area (Å²) in [5, 5.41) is 0. The number of aromatic nitrogens is 3. The molecular formula is C58H38N4. The highest BCUT2D eigenvalue weighted by molar-refractivity contribution is 6.00. The van der Waals surface area contributed by atoms with E-state index in [1.165, 1.54) is 38.9 Å². The molecule has 0 N–H and O–H groups in total. The van der Waals surface area contributed by atoms with Gasteiger partial charge >= 0.3 is 0 Å². The van der Waals surface area contributed by atoms with Gasteiger partial charge in [0, 0.05) is 22.4 Å². The van der Waals surface area contributed by atoms with Gasteiger partial charge in [-0.05, 0) is 86.0 Å². The van der Waals surface area contributed by atoms with Crippen LogP contribution in [-0.2, 0) is 5.41 Å². The van der Waals surface area contributed by atoms with Gasteiger partial charge in [-0.2, -0.15) is 0 Å². The van der Waals surface area contributed by atoms with Crippen molar-refractivity contribution in [2.45, 2.75) is 5.41 Å². The summed E-state index contributed by atoms with van der Waals surface area (Å²) in [5.74, 6) is 1.89. The van der Waals surface area contributed by atoms with E-state index in [9.17, 15) is 0 Å². The molecule has 12 rings (SSSR count). The van der Waals surface area contributed by atoms with E-state index in [1.807, 2.05) is 24.3 Å². The molecule has 4 nitrogen and oxygen atoms in total. The number of para-hydroxylation sites is 3. The molecule has 290 valence electrons. The first-order chi connectivity index (χ1) is 30.8. The van der Waals surface area contributed by atoms with Crippen LogP contribution in [0.25, 0.3) is 67.5 Å². The minimum absolute atomic E-state index is 0.629. The van der Waals surface area contributed by atoms with E-state index in [4.69, 9.17) is 15.0 Å². The van der Waals surface area contributed by atoms with Crippen LogP contribution in [0.1, 0.15) is 22.3 Å². The minimum atomic E-state index is -0.639. The summed E-state index contributed by atoms with van der Waals surface area (Å²) >= 11 is 0. The maximum atomic E-state index is 5.38. The van der Waals surface area contributed by atoms with E-state index in [0.29, 0.717) is 17.5 Å². The molecule has 1 aromatic heterocycles. The number of rotatable bonds is 6. The molecule has 0 atom stereocenters. The molecule has 1 spiro atoms. The quantitative estimate of drug-likeness (QED) is 0.168. The summed E-state index contributed by atoms with van der Waals surface area (Å²) in [7, 11) is 0. The predicted octanol–water partition coefficient (Wildman–Crippen LogP) is 14.4. The summed E-state index contributed by atoms with van der Waals surface area (Å²) in [6, 6.07) is 82.3. The van der Waals surface area contributed by atoms with Gasteiger partial charge in [0.15, 0.2) is 17.5 Å². The smallest absolute Gasteiger partial charge is 0.164 e. The third kappa shape index (κ3) is 5.58. The van der Waals surface area contributed by atoms with Crippen molar-refractivity contribution in [3.05, 3.63) is 253 Å². The Morgan fingerprint density at radius 3 is 1.34 bits per heavy atom. The largest absolute Gasteiger partial charge is 0.310 e. The summed E-state index contributed by atoms with van der Waals surface area (Å²) in [6.45, 7) is 0. The highest BCUT2D eigenvalue weighted by Gasteiger charge is 2.52. The van der Waals surface area contributed by atoms with E-state index in [0.717, 1.165) is 50.4 Å². The van der Waals surface area contributed by atoms with Crippen LogP contribution in [0.5, 0.6) is 0 Å². The first-order valence-electron chi connectivity index (χ1n) is 21.1. The number of benzene rings is 9. The Bertz CT molecular complexity index is 3230. The molecule has 2 aliphatic rings. The second kappa shape index (κ2) is 14.5. The fourth-order valence-electron chi connectivity index (χ4n) is 9.84. The van der Waals surface area contributed by atoms with Crippen LogP contribution >= 0.6 is 0 Å². The molecule has 4 heteroatoms. The minimum Gasteiger partial charge on any atom is -0.310 e. The Morgan fingerprint density at radius 2 is 0.726 bits per heavy atom. The number of anilines is 3. The van der Waals surface area contributed by atoms with Crippen molar-refractivity contribution in [2.24, 2.45) is 0 Å². The van der Waals surface area contributed by atoms with Crippen molar-refractivity contribution in [1.29, 1.82) is 0 Å². The first-order valence-corrected chi connectivity index (χ1v) is 21.1. The normalized spacial score (nSPS) is 12.9. The lowest BCUT2D eigenvalue weighted by molar-refractivity contribution is 0.753. The van der Waals surface area contributed by atoms with Gasteiger partial charge in [0.2, 0.25) is 0 Å². The fraction of sp³-hybridized carbons (Fsp3) is 0.0172. The molecule has 0 amide bonds. The molecule has 9 aromatic carbocycles. The molecule has 0 saturated heterocycles. The molecule has 0 saturated carbocycles. The summed E-state index contributed by atoms with van der Waals surface area (Å²) in [4.78, 5) is 18.3. The SMILES string of the molecule is c1ccc(-c2ccc(-c3nc(-c4ccccc4)nc(-c4cccc5c4-c4cc(-c6ccccc6)ccc4C54c5ccccc5N(c5ccccc5)c5ccccc54)n3)cc2)cc1. The number of fused-ring (bicyclic) bond motifs is 9. The van der Waals surface area contributed by atoms with Gasteiger partial charge in [0.25, 0.3) is 0 Å². The van der Waals surface area contributed by atoms with Crippen LogP contribution in [0.15, 0.2) is 231 Å². The van der Waals surface area contributed by atoms with Crippen molar-refractivity contribution in [2.75, 3.05) is 4.90 Å². The van der Waals surface area contributed by atoms with Gasteiger partial charge in [0.1, 0.15) is 0 Å². The predicted molar refractivity (Wildman–Crippen MR) is 253 cm³/mol. The lowest BCUT2D eigenvalue weighted by Crippen LogP contribution is -2.36. The molecule has 2 heterocycles. The van der Waals surface area contributed by atoms with Gasteiger partial charge in [0.05, 0.1) is 16.8 Å². The van der Waals surface area contributed by atoms with Crippen molar-refractivity contribution in [3.8, 4) is 67.5 Å². The monoisotopic (exact) mass is 790 g/mol. The Morgan fingerprint density at radius 1 is 0.290 bits per heavy atom. The van der Waals surface area contributed by atoms with Gasteiger partial charge < -0.3 is 4.90 Å². The van der Waals surface area contributed by atoms with Gasteiger partial charge in [-0.3, -0.25) is 0 Å². The van der Waals surface area contributed by atoms with Crippen molar-refractivity contribution < 1.29 is 0 Å². The third-order valence-corrected chi connectivity index (χ3v) is 12.5. The third-order valence-electron chi connectivity index (χ3n) is 12.5. The van der Waals surface area contributed by atoms with E-state index >= 15 is 0 Å². The Kier molecular flexibility index (Phi) is 8.36. The fourth-order valence-corrected chi connectivity index (χ4v) is 9.84.